The second-order valence-electron chi connectivity index (χ2n) is 15.1. The number of rotatable bonds is 6. The summed E-state index contributed by atoms with van der Waals surface area (Å²) in [5, 5.41) is 11.2. The molecule has 0 aliphatic carbocycles. The van der Waals surface area contributed by atoms with Gasteiger partial charge in [0.25, 0.3) is 5.91 Å². The van der Waals surface area contributed by atoms with E-state index in [0.717, 1.165) is 52.2 Å². The normalized spacial score (nSPS) is 15.6. The number of hydrogen-bond donors (Lipinski definition) is 1. The number of piperidine rings is 1. The maximum Gasteiger partial charge on any atom is 0.417 e. The molecule has 0 radical (unpaired) electrons. The minimum atomic E-state index is -0.800. The molecule has 1 fully saturated rings. The molecule has 1 aliphatic rings. The van der Waals surface area contributed by atoms with Gasteiger partial charge >= 0.3 is 12.2 Å². The Kier molecular flexibility index (Phi) is 10.3. The molecule has 3 heterocycles. The van der Waals surface area contributed by atoms with E-state index in [-0.39, 0.29) is 23.8 Å². The number of benzene rings is 1. The van der Waals surface area contributed by atoms with Crippen LogP contribution in [0.1, 0.15) is 96.8 Å². The minimum absolute atomic E-state index is 0.00438. The van der Waals surface area contributed by atoms with Crippen LogP contribution in [-0.4, -0.2) is 73.3 Å². The molecule has 1 saturated heterocycles. The first kappa shape index (κ1) is 35.4. The smallest absolute Gasteiger partial charge is 0.417 e. The molecule has 3 amide bonds. The van der Waals surface area contributed by atoms with Crippen molar-refractivity contribution in [2.24, 2.45) is 0 Å². The number of aryl methyl sites for hydroxylation is 1. The Labute approximate surface area is 277 Å². The van der Waals surface area contributed by atoms with Gasteiger partial charge in [0.15, 0.2) is 5.69 Å². The summed E-state index contributed by atoms with van der Waals surface area (Å²) in [6.07, 6.45) is 5.75. The van der Waals surface area contributed by atoms with E-state index in [1.165, 1.54) is 0 Å². The molecule has 1 N–H and O–H groups in total. The van der Waals surface area contributed by atoms with Gasteiger partial charge in [0.2, 0.25) is 0 Å². The van der Waals surface area contributed by atoms with E-state index in [4.69, 9.17) is 9.47 Å². The molecule has 2 aromatic heterocycles. The van der Waals surface area contributed by atoms with Crippen molar-refractivity contribution in [1.82, 2.24) is 30.2 Å². The third-order valence-electron chi connectivity index (χ3n) is 7.52. The standard InChI is InChI=1S/C35H49N7O5/c1-23-18-24(27-15-16-36-19-29(27)40-17-11-12-26(21-40)37-31(44)46-34(5,6)7)13-14-25(23)20-41(32(45)47-35(8,9)10)30(43)28-22-42(39-38-28)33(2,3)4/h13-16,18-19,22,26H,11-12,17,20-21H2,1-10H3,(H,37,44)/t26-/m0/s1. The molecule has 0 spiro atoms. The van der Waals surface area contributed by atoms with Crippen molar-refractivity contribution < 1.29 is 23.9 Å². The van der Waals surface area contributed by atoms with Gasteiger partial charge in [-0.1, -0.05) is 23.4 Å². The quantitative estimate of drug-likeness (QED) is 0.320. The molecule has 0 unspecified atom stereocenters. The first-order valence-corrected chi connectivity index (χ1v) is 16.1. The highest BCUT2D eigenvalue weighted by Gasteiger charge is 2.32. The first-order chi connectivity index (χ1) is 21.8. The Morgan fingerprint density at radius 2 is 1.70 bits per heavy atom. The molecule has 12 heteroatoms. The fourth-order valence-electron chi connectivity index (χ4n) is 5.25. The maximum atomic E-state index is 13.7. The lowest BCUT2D eigenvalue weighted by molar-refractivity contribution is 0.0224. The van der Waals surface area contributed by atoms with Crippen LogP contribution in [0.5, 0.6) is 0 Å². The molecule has 0 bridgehead atoms. The number of nitrogens with zero attached hydrogens (tertiary/aromatic N) is 6. The van der Waals surface area contributed by atoms with Crippen LogP contribution in [0.4, 0.5) is 15.3 Å². The molecule has 1 atom stereocenters. The monoisotopic (exact) mass is 647 g/mol. The fraction of sp³-hybridized carbons (Fsp3) is 0.543. The van der Waals surface area contributed by atoms with Crippen LogP contribution in [0.3, 0.4) is 0 Å². The number of aromatic nitrogens is 4. The zero-order chi connectivity index (χ0) is 34.7. The van der Waals surface area contributed by atoms with Crippen molar-refractivity contribution >= 4 is 23.8 Å². The van der Waals surface area contributed by atoms with Crippen LogP contribution in [-0.2, 0) is 21.6 Å². The van der Waals surface area contributed by atoms with Crippen molar-refractivity contribution in [3.8, 4) is 11.1 Å². The third-order valence-corrected chi connectivity index (χ3v) is 7.52. The molecule has 1 aliphatic heterocycles. The summed E-state index contributed by atoms with van der Waals surface area (Å²) in [4.78, 5) is 47.2. The lowest BCUT2D eigenvalue weighted by atomic mass is 9.97. The molecule has 47 heavy (non-hydrogen) atoms. The summed E-state index contributed by atoms with van der Waals surface area (Å²) in [5.41, 5.74) is 2.91. The number of ether oxygens (including phenoxy) is 2. The van der Waals surface area contributed by atoms with Gasteiger partial charge in [0.05, 0.1) is 30.2 Å². The molecular weight excluding hydrogens is 598 g/mol. The van der Waals surface area contributed by atoms with Crippen LogP contribution >= 0.6 is 0 Å². The lowest BCUT2D eigenvalue weighted by Gasteiger charge is -2.36. The van der Waals surface area contributed by atoms with Crippen LogP contribution in [0, 0.1) is 6.92 Å². The molecule has 4 rings (SSSR count). The van der Waals surface area contributed by atoms with Gasteiger partial charge in [0.1, 0.15) is 11.2 Å². The van der Waals surface area contributed by atoms with Gasteiger partial charge in [-0.3, -0.25) is 9.78 Å². The predicted molar refractivity (Wildman–Crippen MR) is 180 cm³/mol. The Morgan fingerprint density at radius 3 is 2.32 bits per heavy atom. The number of pyridine rings is 1. The van der Waals surface area contributed by atoms with Gasteiger partial charge in [-0.15, -0.1) is 5.10 Å². The number of nitrogens with one attached hydrogen (secondary N) is 1. The molecule has 12 nitrogen and oxygen atoms in total. The second-order valence-corrected chi connectivity index (χ2v) is 15.1. The predicted octanol–water partition coefficient (Wildman–Crippen LogP) is 6.47. The van der Waals surface area contributed by atoms with Crippen LogP contribution in [0.15, 0.2) is 42.9 Å². The number of carbonyl (C=O) groups excluding carboxylic acids is 3. The summed E-state index contributed by atoms with van der Waals surface area (Å²) in [5.74, 6) is -0.589. The van der Waals surface area contributed by atoms with E-state index in [1.54, 1.807) is 37.8 Å². The van der Waals surface area contributed by atoms with Gasteiger partial charge in [0, 0.05) is 30.9 Å². The summed E-state index contributed by atoms with van der Waals surface area (Å²) in [7, 11) is 0. The highest BCUT2D eigenvalue weighted by atomic mass is 16.6. The summed E-state index contributed by atoms with van der Waals surface area (Å²) >= 11 is 0. The summed E-state index contributed by atoms with van der Waals surface area (Å²) in [6.45, 7) is 20.1. The lowest BCUT2D eigenvalue weighted by Crippen LogP contribution is -2.49. The van der Waals surface area contributed by atoms with Crippen molar-refractivity contribution in [1.29, 1.82) is 0 Å². The molecule has 3 aromatic rings. The number of carbonyl (C=O) groups is 3. The Morgan fingerprint density at radius 1 is 1.00 bits per heavy atom. The molecule has 0 saturated carbocycles. The second kappa shape index (κ2) is 13.7. The molecule has 1 aromatic carbocycles. The van der Waals surface area contributed by atoms with E-state index < -0.39 is 29.3 Å². The summed E-state index contributed by atoms with van der Waals surface area (Å²) < 4.78 is 12.7. The van der Waals surface area contributed by atoms with E-state index >= 15 is 0 Å². The highest BCUT2D eigenvalue weighted by molar-refractivity contribution is 6.01. The fourth-order valence-corrected chi connectivity index (χ4v) is 5.25. The van der Waals surface area contributed by atoms with E-state index in [9.17, 15) is 14.4 Å². The van der Waals surface area contributed by atoms with Crippen molar-refractivity contribution in [3.63, 3.8) is 0 Å². The Hall–Kier alpha value is -4.48. The van der Waals surface area contributed by atoms with Crippen LogP contribution in [0.25, 0.3) is 11.1 Å². The van der Waals surface area contributed by atoms with Crippen LogP contribution in [0.2, 0.25) is 0 Å². The number of hydrogen-bond acceptors (Lipinski definition) is 9. The zero-order valence-electron chi connectivity index (χ0n) is 29.4. The molecule has 254 valence electrons. The largest absolute Gasteiger partial charge is 0.444 e. The Bertz CT molecular complexity index is 1600. The minimum Gasteiger partial charge on any atom is -0.444 e. The average Bonchev–Trinajstić information content (AvgIpc) is 3.46. The van der Waals surface area contributed by atoms with Crippen LogP contribution < -0.4 is 10.2 Å². The van der Waals surface area contributed by atoms with Crippen molar-refractivity contribution in [3.05, 3.63) is 59.7 Å². The van der Waals surface area contributed by atoms with Gasteiger partial charge in [-0.05, 0) is 105 Å². The summed E-state index contributed by atoms with van der Waals surface area (Å²) in [6, 6.07) is 7.87. The van der Waals surface area contributed by atoms with Crippen molar-refractivity contribution in [2.75, 3.05) is 18.0 Å². The van der Waals surface area contributed by atoms with Gasteiger partial charge < -0.3 is 19.7 Å². The van der Waals surface area contributed by atoms with E-state index in [2.05, 4.69) is 25.5 Å². The third kappa shape index (κ3) is 9.52. The molecular formula is C35H49N7O5. The number of amides is 3. The Balaban J connectivity index is 1.58. The van der Waals surface area contributed by atoms with Crippen molar-refractivity contribution in [2.45, 2.75) is 111 Å². The SMILES string of the molecule is Cc1cc(-c2ccncc2N2CCC[C@H](NC(=O)OC(C)(C)C)C2)ccc1CN(C(=O)OC(C)(C)C)C(=O)c1cn(C(C)(C)C)nn1. The number of alkyl carbamates (subject to hydrolysis) is 1. The average molecular weight is 648 g/mol. The van der Waals surface area contributed by atoms with E-state index in [0.29, 0.717) is 6.54 Å². The van der Waals surface area contributed by atoms with Gasteiger partial charge in [-0.2, -0.15) is 0 Å². The maximum absolute atomic E-state index is 13.7. The number of anilines is 1. The first-order valence-electron chi connectivity index (χ1n) is 16.1. The highest BCUT2D eigenvalue weighted by Crippen LogP contribution is 2.33. The van der Waals surface area contributed by atoms with E-state index in [1.807, 2.05) is 78.9 Å². The topological polar surface area (TPSA) is 132 Å². The van der Waals surface area contributed by atoms with Gasteiger partial charge in [-0.25, -0.2) is 19.2 Å². The zero-order valence-corrected chi connectivity index (χ0v) is 29.4. The number of imide groups is 1.